The molecule has 0 radical (unpaired) electrons. The SMILES string of the molecule is CN1CCC(CNc2cc(S(=O)(=O)N(C)C)ccc2N)C1. The molecule has 1 heterocycles. The minimum atomic E-state index is -3.43. The Morgan fingerprint density at radius 1 is 1.43 bits per heavy atom. The molecule has 1 saturated heterocycles. The van der Waals surface area contributed by atoms with Crippen LogP contribution in [0.1, 0.15) is 6.42 Å². The average molecular weight is 312 g/mol. The maximum absolute atomic E-state index is 12.1. The van der Waals surface area contributed by atoms with Crippen LogP contribution in [0.25, 0.3) is 0 Å². The average Bonchev–Trinajstić information content (AvgIpc) is 2.83. The van der Waals surface area contributed by atoms with Gasteiger partial charge in [-0.05, 0) is 44.1 Å². The Kier molecular flexibility index (Phi) is 4.75. The number of nitrogen functional groups attached to an aromatic ring is 1. The van der Waals surface area contributed by atoms with E-state index in [1.165, 1.54) is 18.4 Å². The quantitative estimate of drug-likeness (QED) is 0.789. The third-order valence-corrected chi connectivity index (χ3v) is 5.68. The molecular weight excluding hydrogens is 288 g/mol. The highest BCUT2D eigenvalue weighted by Crippen LogP contribution is 2.25. The second-order valence-electron chi connectivity index (χ2n) is 5.83. The minimum Gasteiger partial charge on any atom is -0.397 e. The first-order valence-electron chi connectivity index (χ1n) is 7.05. The van der Waals surface area contributed by atoms with Crippen LogP contribution >= 0.6 is 0 Å². The zero-order valence-corrected chi connectivity index (χ0v) is 13.7. The van der Waals surface area contributed by atoms with Crippen molar-refractivity contribution in [2.45, 2.75) is 11.3 Å². The molecule has 0 amide bonds. The van der Waals surface area contributed by atoms with Gasteiger partial charge in [-0.1, -0.05) is 0 Å². The molecule has 118 valence electrons. The smallest absolute Gasteiger partial charge is 0.242 e. The van der Waals surface area contributed by atoms with Gasteiger partial charge in [0.05, 0.1) is 16.3 Å². The Morgan fingerprint density at radius 3 is 2.71 bits per heavy atom. The van der Waals surface area contributed by atoms with Crippen LogP contribution in [0.4, 0.5) is 11.4 Å². The zero-order chi connectivity index (χ0) is 15.6. The van der Waals surface area contributed by atoms with E-state index >= 15 is 0 Å². The molecule has 7 heteroatoms. The van der Waals surface area contributed by atoms with Crippen molar-refractivity contribution >= 4 is 21.4 Å². The summed E-state index contributed by atoms with van der Waals surface area (Å²) in [6.07, 6.45) is 1.15. The Hall–Kier alpha value is -1.31. The van der Waals surface area contributed by atoms with E-state index in [9.17, 15) is 8.42 Å². The monoisotopic (exact) mass is 312 g/mol. The van der Waals surface area contributed by atoms with Gasteiger partial charge in [-0.3, -0.25) is 0 Å². The summed E-state index contributed by atoms with van der Waals surface area (Å²) in [6.45, 7) is 2.97. The lowest BCUT2D eigenvalue weighted by Crippen LogP contribution is -2.23. The van der Waals surface area contributed by atoms with Crippen LogP contribution in [-0.2, 0) is 10.0 Å². The van der Waals surface area contributed by atoms with E-state index in [0.717, 1.165) is 26.1 Å². The highest BCUT2D eigenvalue weighted by atomic mass is 32.2. The largest absolute Gasteiger partial charge is 0.397 e. The van der Waals surface area contributed by atoms with Crippen molar-refractivity contribution < 1.29 is 8.42 Å². The van der Waals surface area contributed by atoms with Crippen molar-refractivity contribution in [2.24, 2.45) is 5.92 Å². The van der Waals surface area contributed by atoms with Crippen LogP contribution in [0.15, 0.2) is 23.1 Å². The third-order valence-electron chi connectivity index (χ3n) is 3.87. The zero-order valence-electron chi connectivity index (χ0n) is 12.8. The molecule has 6 nitrogen and oxygen atoms in total. The topological polar surface area (TPSA) is 78.7 Å². The summed E-state index contributed by atoms with van der Waals surface area (Å²) in [6, 6.07) is 4.79. The molecule has 0 saturated carbocycles. The van der Waals surface area contributed by atoms with E-state index in [4.69, 9.17) is 5.73 Å². The molecule has 1 aliphatic rings. The maximum Gasteiger partial charge on any atom is 0.242 e. The first kappa shape index (κ1) is 16.1. The Labute approximate surface area is 127 Å². The van der Waals surface area contributed by atoms with E-state index in [2.05, 4.69) is 17.3 Å². The fourth-order valence-electron chi connectivity index (χ4n) is 2.51. The number of nitrogens with zero attached hydrogens (tertiary/aromatic N) is 2. The normalized spacial score (nSPS) is 20.1. The molecule has 0 spiro atoms. The lowest BCUT2D eigenvalue weighted by atomic mass is 10.1. The molecule has 1 unspecified atom stereocenters. The van der Waals surface area contributed by atoms with Crippen LogP contribution in [0.2, 0.25) is 0 Å². The fraction of sp³-hybridized carbons (Fsp3) is 0.571. The van der Waals surface area contributed by atoms with Crippen LogP contribution in [0.5, 0.6) is 0 Å². The van der Waals surface area contributed by atoms with Crippen molar-refractivity contribution in [3.63, 3.8) is 0 Å². The number of hydrogen-bond acceptors (Lipinski definition) is 5. The predicted molar refractivity (Wildman–Crippen MR) is 85.8 cm³/mol. The summed E-state index contributed by atoms with van der Waals surface area (Å²) in [7, 11) is 1.72. The number of likely N-dealkylation sites (tertiary alicyclic amines) is 1. The molecule has 2 rings (SSSR count). The summed E-state index contributed by atoms with van der Waals surface area (Å²) in [5.74, 6) is 0.573. The second kappa shape index (κ2) is 6.21. The van der Waals surface area contributed by atoms with Gasteiger partial charge in [0.2, 0.25) is 10.0 Å². The number of anilines is 2. The second-order valence-corrected chi connectivity index (χ2v) is 7.99. The van der Waals surface area contributed by atoms with E-state index in [1.807, 2.05) is 0 Å². The molecule has 1 fully saturated rings. The first-order valence-corrected chi connectivity index (χ1v) is 8.49. The number of rotatable bonds is 5. The van der Waals surface area contributed by atoms with Crippen molar-refractivity contribution in [2.75, 3.05) is 51.8 Å². The highest BCUT2D eigenvalue weighted by Gasteiger charge is 2.21. The molecule has 0 aliphatic carbocycles. The number of hydrogen-bond donors (Lipinski definition) is 2. The molecule has 3 N–H and O–H groups in total. The van der Waals surface area contributed by atoms with Crippen LogP contribution < -0.4 is 11.1 Å². The first-order chi connectivity index (χ1) is 9.80. The van der Waals surface area contributed by atoms with Gasteiger partial charge in [-0.15, -0.1) is 0 Å². The molecule has 0 aromatic heterocycles. The number of nitrogens with one attached hydrogen (secondary N) is 1. The molecule has 1 aromatic carbocycles. The maximum atomic E-state index is 12.1. The minimum absolute atomic E-state index is 0.257. The van der Waals surface area contributed by atoms with Gasteiger partial charge in [0.15, 0.2) is 0 Å². The summed E-state index contributed by atoms with van der Waals surface area (Å²) in [5, 5.41) is 3.29. The lowest BCUT2D eigenvalue weighted by Gasteiger charge is -2.16. The summed E-state index contributed by atoms with van der Waals surface area (Å²) in [5.41, 5.74) is 7.20. The third kappa shape index (κ3) is 3.66. The van der Waals surface area contributed by atoms with E-state index in [-0.39, 0.29) is 4.90 Å². The van der Waals surface area contributed by atoms with Crippen molar-refractivity contribution in [3.05, 3.63) is 18.2 Å². The van der Waals surface area contributed by atoms with Crippen molar-refractivity contribution in [1.29, 1.82) is 0 Å². The van der Waals surface area contributed by atoms with E-state index in [0.29, 0.717) is 17.3 Å². The van der Waals surface area contributed by atoms with Crippen LogP contribution in [-0.4, -0.2) is 58.4 Å². The van der Waals surface area contributed by atoms with Crippen molar-refractivity contribution in [3.8, 4) is 0 Å². The van der Waals surface area contributed by atoms with Gasteiger partial charge in [0.1, 0.15) is 0 Å². The standard InChI is InChI=1S/C14H24N4O2S/c1-17(2)21(19,20)12-4-5-13(15)14(8-12)16-9-11-6-7-18(3)10-11/h4-5,8,11,16H,6-7,9-10,15H2,1-3H3. The molecule has 1 aromatic rings. The molecule has 1 atom stereocenters. The van der Waals surface area contributed by atoms with Gasteiger partial charge in [-0.25, -0.2) is 12.7 Å². The van der Waals surface area contributed by atoms with Gasteiger partial charge in [-0.2, -0.15) is 0 Å². The van der Waals surface area contributed by atoms with Crippen LogP contribution in [0, 0.1) is 5.92 Å². The number of benzene rings is 1. The van der Waals surface area contributed by atoms with Crippen LogP contribution in [0.3, 0.4) is 0 Å². The summed E-state index contributed by atoms with van der Waals surface area (Å²) in [4.78, 5) is 2.55. The molecular formula is C14H24N4O2S. The molecule has 0 bridgehead atoms. The van der Waals surface area contributed by atoms with Gasteiger partial charge >= 0.3 is 0 Å². The highest BCUT2D eigenvalue weighted by molar-refractivity contribution is 7.89. The number of nitrogens with two attached hydrogens (primary N) is 1. The van der Waals surface area contributed by atoms with E-state index < -0.39 is 10.0 Å². The lowest BCUT2D eigenvalue weighted by molar-refractivity contribution is 0.399. The number of sulfonamides is 1. The van der Waals surface area contributed by atoms with Gasteiger partial charge in [0, 0.05) is 27.2 Å². The fourth-order valence-corrected chi connectivity index (χ4v) is 3.44. The van der Waals surface area contributed by atoms with E-state index in [1.54, 1.807) is 18.2 Å². The van der Waals surface area contributed by atoms with Gasteiger partial charge in [0.25, 0.3) is 0 Å². The molecule has 21 heavy (non-hydrogen) atoms. The molecule has 1 aliphatic heterocycles. The Balaban J connectivity index is 2.13. The van der Waals surface area contributed by atoms with Crippen molar-refractivity contribution in [1.82, 2.24) is 9.21 Å². The van der Waals surface area contributed by atoms with Gasteiger partial charge < -0.3 is 16.0 Å². The Bertz CT molecular complexity index is 601. The Morgan fingerprint density at radius 2 is 2.14 bits per heavy atom. The summed E-state index contributed by atoms with van der Waals surface area (Å²) >= 11 is 0. The summed E-state index contributed by atoms with van der Waals surface area (Å²) < 4.78 is 25.5. The predicted octanol–water partition coefficient (Wildman–Crippen LogP) is 0.883.